The zero-order valence-corrected chi connectivity index (χ0v) is 17.7. The van der Waals surface area contributed by atoms with Gasteiger partial charge in [0, 0.05) is 17.2 Å². The van der Waals surface area contributed by atoms with Crippen molar-refractivity contribution in [1.29, 1.82) is 0 Å². The number of nitrogens with zero attached hydrogens (tertiary/aromatic N) is 1. The van der Waals surface area contributed by atoms with Gasteiger partial charge in [0.2, 0.25) is 0 Å². The van der Waals surface area contributed by atoms with E-state index in [0.29, 0.717) is 0 Å². The summed E-state index contributed by atoms with van der Waals surface area (Å²) in [5, 5.41) is 0. The van der Waals surface area contributed by atoms with Crippen LogP contribution >= 0.6 is 0 Å². The summed E-state index contributed by atoms with van der Waals surface area (Å²) in [6.45, 7) is 0.0879. The highest BCUT2D eigenvalue weighted by Crippen LogP contribution is 2.40. The Balaban J connectivity index is 1.47. The summed E-state index contributed by atoms with van der Waals surface area (Å²) in [4.78, 5) is 4.59. The number of pyridine rings is 1. The Labute approximate surface area is 192 Å². The molecule has 33 heavy (non-hydrogen) atoms. The van der Waals surface area contributed by atoms with Gasteiger partial charge >= 0.3 is 0 Å². The summed E-state index contributed by atoms with van der Waals surface area (Å²) in [7, 11) is 0. The second-order valence-corrected chi connectivity index (χ2v) is 8.36. The molecule has 3 nitrogen and oxygen atoms in total. The number of ether oxygens (including phenoxy) is 2. The molecule has 154 valence electrons. The standard InChI is InChI=1S/C29H18BNO2/c1-2-10-21(24-13-7-8-16-31-24)20(9-1)19-17-27-29-28(18-19)33-26-15-6-4-12-23(26)30(29)22-11-3-5-14-25(22)32-27/h1-18H. The van der Waals surface area contributed by atoms with E-state index in [1.807, 2.05) is 54.7 Å². The second-order valence-electron chi connectivity index (χ2n) is 8.36. The lowest BCUT2D eigenvalue weighted by atomic mass is 9.35. The van der Waals surface area contributed by atoms with E-state index in [9.17, 15) is 0 Å². The van der Waals surface area contributed by atoms with E-state index >= 15 is 0 Å². The fourth-order valence-electron chi connectivity index (χ4n) is 5.03. The van der Waals surface area contributed by atoms with Crippen molar-refractivity contribution in [3.05, 3.63) is 109 Å². The van der Waals surface area contributed by atoms with E-state index < -0.39 is 0 Å². The van der Waals surface area contributed by atoms with Crippen LogP contribution in [0.15, 0.2) is 109 Å². The van der Waals surface area contributed by atoms with Crippen LogP contribution in [0.1, 0.15) is 0 Å². The zero-order chi connectivity index (χ0) is 21.8. The zero-order valence-electron chi connectivity index (χ0n) is 17.7. The third kappa shape index (κ3) is 2.81. The molecule has 2 aliphatic heterocycles. The quantitative estimate of drug-likeness (QED) is 0.361. The maximum Gasteiger partial charge on any atom is 0.260 e. The van der Waals surface area contributed by atoms with Gasteiger partial charge in [0.25, 0.3) is 6.71 Å². The fourth-order valence-corrected chi connectivity index (χ4v) is 5.03. The smallest absolute Gasteiger partial charge is 0.260 e. The molecule has 0 amide bonds. The molecule has 0 bridgehead atoms. The van der Waals surface area contributed by atoms with Crippen molar-refractivity contribution in [2.24, 2.45) is 0 Å². The molecule has 3 heterocycles. The third-order valence-electron chi connectivity index (χ3n) is 6.47. The molecule has 0 N–H and O–H groups in total. The van der Waals surface area contributed by atoms with Gasteiger partial charge in [-0.2, -0.15) is 0 Å². The van der Waals surface area contributed by atoms with Crippen LogP contribution < -0.4 is 25.9 Å². The number of hydrogen-bond donors (Lipinski definition) is 0. The number of benzene rings is 4. The van der Waals surface area contributed by atoms with Crippen molar-refractivity contribution in [2.75, 3.05) is 0 Å². The summed E-state index contributed by atoms with van der Waals surface area (Å²) in [6, 6.07) is 35.2. The lowest BCUT2D eigenvalue weighted by molar-refractivity contribution is 0.465. The first kappa shape index (κ1) is 18.3. The molecule has 5 aromatic rings. The normalized spacial score (nSPS) is 12.7. The monoisotopic (exact) mass is 423 g/mol. The maximum atomic E-state index is 6.45. The SMILES string of the molecule is c1ccc(-c2ccccc2-c2cc3c4c(c2)Oc2ccccc2B4c2ccccc2O3)nc1. The van der Waals surface area contributed by atoms with Crippen molar-refractivity contribution in [1.82, 2.24) is 4.98 Å². The number of para-hydroxylation sites is 2. The number of fused-ring (bicyclic) bond motifs is 4. The number of aromatic nitrogens is 1. The van der Waals surface area contributed by atoms with Crippen LogP contribution in [0.5, 0.6) is 23.0 Å². The van der Waals surface area contributed by atoms with Crippen molar-refractivity contribution in [3.63, 3.8) is 0 Å². The minimum Gasteiger partial charge on any atom is -0.458 e. The Morgan fingerprint density at radius 2 is 1.12 bits per heavy atom. The highest BCUT2D eigenvalue weighted by atomic mass is 16.5. The minimum atomic E-state index is 0.0879. The molecule has 2 aliphatic rings. The molecule has 0 saturated heterocycles. The van der Waals surface area contributed by atoms with E-state index in [1.165, 1.54) is 10.9 Å². The van der Waals surface area contributed by atoms with Gasteiger partial charge in [-0.25, -0.2) is 0 Å². The minimum absolute atomic E-state index is 0.0879. The predicted octanol–water partition coefficient (Wildman–Crippen LogP) is 5.14. The molecule has 0 spiro atoms. The van der Waals surface area contributed by atoms with Crippen molar-refractivity contribution < 1.29 is 9.47 Å². The summed E-state index contributed by atoms with van der Waals surface area (Å²) in [5.41, 5.74) is 7.59. The van der Waals surface area contributed by atoms with Crippen LogP contribution in [0.4, 0.5) is 0 Å². The van der Waals surface area contributed by atoms with E-state index in [0.717, 1.165) is 50.8 Å². The van der Waals surface area contributed by atoms with Gasteiger partial charge in [0.15, 0.2) is 0 Å². The molecule has 7 rings (SSSR count). The molecule has 0 aliphatic carbocycles. The maximum absolute atomic E-state index is 6.45. The lowest BCUT2D eigenvalue weighted by Gasteiger charge is -2.33. The van der Waals surface area contributed by atoms with Gasteiger partial charge in [-0.05, 0) is 58.5 Å². The average Bonchev–Trinajstić information content (AvgIpc) is 2.89. The Morgan fingerprint density at radius 3 is 1.76 bits per heavy atom. The number of rotatable bonds is 2. The Kier molecular flexibility index (Phi) is 3.94. The number of hydrogen-bond acceptors (Lipinski definition) is 3. The third-order valence-corrected chi connectivity index (χ3v) is 6.47. The molecular formula is C29H18BNO2. The lowest BCUT2D eigenvalue weighted by Crippen LogP contribution is -2.57. The molecule has 0 atom stereocenters. The van der Waals surface area contributed by atoms with Crippen LogP contribution in [0.3, 0.4) is 0 Å². The van der Waals surface area contributed by atoms with Crippen LogP contribution in [-0.2, 0) is 0 Å². The molecule has 4 heteroatoms. The van der Waals surface area contributed by atoms with Gasteiger partial charge in [-0.15, -0.1) is 0 Å². The molecule has 0 fully saturated rings. The molecule has 0 unspecified atom stereocenters. The van der Waals surface area contributed by atoms with E-state index in [2.05, 4.69) is 59.6 Å². The molecule has 1 aromatic heterocycles. The molecule has 4 aromatic carbocycles. The van der Waals surface area contributed by atoms with Crippen LogP contribution in [-0.4, -0.2) is 11.7 Å². The summed E-state index contributed by atoms with van der Waals surface area (Å²) >= 11 is 0. The van der Waals surface area contributed by atoms with Crippen molar-refractivity contribution in [3.8, 4) is 45.4 Å². The molecule has 0 saturated carbocycles. The highest BCUT2D eigenvalue weighted by molar-refractivity contribution is 6.98. The second kappa shape index (κ2) is 7.11. The van der Waals surface area contributed by atoms with Crippen LogP contribution in [0, 0.1) is 0 Å². The summed E-state index contributed by atoms with van der Waals surface area (Å²) < 4.78 is 12.9. The van der Waals surface area contributed by atoms with Gasteiger partial charge < -0.3 is 9.47 Å². The first-order valence-corrected chi connectivity index (χ1v) is 11.1. The first-order chi connectivity index (χ1) is 16.4. The van der Waals surface area contributed by atoms with Gasteiger partial charge in [-0.1, -0.05) is 66.7 Å². The van der Waals surface area contributed by atoms with E-state index in [1.54, 1.807) is 0 Å². The Hall–Kier alpha value is -4.31. The topological polar surface area (TPSA) is 31.4 Å². The van der Waals surface area contributed by atoms with Gasteiger partial charge in [-0.3, -0.25) is 4.98 Å². The van der Waals surface area contributed by atoms with Crippen LogP contribution in [0.25, 0.3) is 22.4 Å². The largest absolute Gasteiger partial charge is 0.458 e. The van der Waals surface area contributed by atoms with E-state index in [-0.39, 0.29) is 6.71 Å². The Bertz CT molecular complexity index is 1460. The molecular weight excluding hydrogens is 405 g/mol. The highest BCUT2D eigenvalue weighted by Gasteiger charge is 2.40. The van der Waals surface area contributed by atoms with Crippen molar-refractivity contribution in [2.45, 2.75) is 0 Å². The van der Waals surface area contributed by atoms with Gasteiger partial charge in [0.05, 0.1) is 5.69 Å². The molecule has 0 radical (unpaired) electrons. The average molecular weight is 423 g/mol. The summed E-state index contributed by atoms with van der Waals surface area (Å²) in [6.07, 6.45) is 1.83. The van der Waals surface area contributed by atoms with Crippen LogP contribution in [0.2, 0.25) is 0 Å². The predicted molar refractivity (Wildman–Crippen MR) is 133 cm³/mol. The van der Waals surface area contributed by atoms with E-state index in [4.69, 9.17) is 9.47 Å². The van der Waals surface area contributed by atoms with Gasteiger partial charge in [0.1, 0.15) is 23.0 Å². The first-order valence-electron chi connectivity index (χ1n) is 11.1. The Morgan fingerprint density at radius 1 is 0.545 bits per heavy atom. The summed E-state index contributed by atoms with van der Waals surface area (Å²) in [5.74, 6) is 3.48. The fraction of sp³-hybridized carbons (Fsp3) is 0. The van der Waals surface area contributed by atoms with Crippen molar-refractivity contribution >= 4 is 23.1 Å².